The van der Waals surface area contributed by atoms with Crippen LogP contribution in [0.1, 0.15) is 15.9 Å². The maximum absolute atomic E-state index is 12.6. The molecule has 0 spiro atoms. The van der Waals surface area contributed by atoms with Crippen molar-refractivity contribution < 1.29 is 4.79 Å². The van der Waals surface area contributed by atoms with Crippen molar-refractivity contribution in [2.75, 3.05) is 14.1 Å². The van der Waals surface area contributed by atoms with Gasteiger partial charge in [-0.1, -0.05) is 41.9 Å². The van der Waals surface area contributed by atoms with Crippen LogP contribution in [0, 0.1) is 0 Å². The Labute approximate surface area is 123 Å². The van der Waals surface area contributed by atoms with Gasteiger partial charge in [0.2, 0.25) is 0 Å². The van der Waals surface area contributed by atoms with E-state index in [4.69, 9.17) is 11.6 Å². The molecule has 0 aliphatic heterocycles. The van der Waals surface area contributed by atoms with Crippen molar-refractivity contribution >= 4 is 23.0 Å². The molecular weight excluding hydrogens is 272 g/mol. The van der Waals surface area contributed by atoms with Gasteiger partial charge in [0.1, 0.15) is 5.15 Å². The minimum atomic E-state index is -0.0385. The average molecular weight is 287 g/mol. The Hall–Kier alpha value is -2.13. The van der Waals surface area contributed by atoms with Crippen LogP contribution in [-0.4, -0.2) is 29.8 Å². The molecule has 0 aliphatic carbocycles. The summed E-state index contributed by atoms with van der Waals surface area (Å²) in [7, 11) is 3.75. The molecule has 0 atom stereocenters. The molecule has 0 amide bonds. The molecule has 20 heavy (non-hydrogen) atoms. The van der Waals surface area contributed by atoms with E-state index in [1.165, 1.54) is 0 Å². The van der Waals surface area contributed by atoms with Gasteiger partial charge in [0.25, 0.3) is 0 Å². The number of pyridine rings is 1. The zero-order chi connectivity index (χ0) is 14.5. The first-order valence-corrected chi connectivity index (χ1v) is 6.55. The molecule has 2 aromatic rings. The summed E-state index contributed by atoms with van der Waals surface area (Å²) < 4.78 is 0. The van der Waals surface area contributed by atoms with Crippen LogP contribution in [0.15, 0.2) is 54.9 Å². The number of carbonyl (C=O) groups is 1. The van der Waals surface area contributed by atoms with E-state index in [1.54, 1.807) is 36.7 Å². The van der Waals surface area contributed by atoms with Gasteiger partial charge in [-0.2, -0.15) is 0 Å². The summed E-state index contributed by atoms with van der Waals surface area (Å²) >= 11 is 5.79. The second kappa shape index (κ2) is 6.35. The number of rotatable bonds is 4. The normalized spacial score (nSPS) is 11.2. The van der Waals surface area contributed by atoms with Crippen LogP contribution in [0.2, 0.25) is 5.15 Å². The van der Waals surface area contributed by atoms with Crippen LogP contribution in [0.25, 0.3) is 5.57 Å². The minimum Gasteiger partial charge on any atom is -0.383 e. The smallest absolute Gasteiger partial charge is 0.195 e. The summed E-state index contributed by atoms with van der Waals surface area (Å²) in [5, 5.41) is 0.408. The van der Waals surface area contributed by atoms with Crippen molar-refractivity contribution in [1.82, 2.24) is 9.88 Å². The van der Waals surface area contributed by atoms with Crippen molar-refractivity contribution in [3.8, 4) is 0 Å². The SMILES string of the molecule is CN(C)C=C(C(=O)c1ccccc1)c1ccc(Cl)nc1. The van der Waals surface area contributed by atoms with E-state index in [1.807, 2.05) is 37.2 Å². The highest BCUT2D eigenvalue weighted by Crippen LogP contribution is 2.20. The van der Waals surface area contributed by atoms with Crippen LogP contribution in [0.4, 0.5) is 0 Å². The summed E-state index contributed by atoms with van der Waals surface area (Å²) in [4.78, 5) is 18.5. The Balaban J connectivity index is 2.44. The fraction of sp³-hybridized carbons (Fsp3) is 0.125. The Morgan fingerprint density at radius 2 is 1.80 bits per heavy atom. The van der Waals surface area contributed by atoms with E-state index >= 15 is 0 Å². The highest BCUT2D eigenvalue weighted by atomic mass is 35.5. The van der Waals surface area contributed by atoms with E-state index in [-0.39, 0.29) is 5.78 Å². The van der Waals surface area contributed by atoms with Crippen molar-refractivity contribution in [3.05, 3.63) is 71.1 Å². The largest absolute Gasteiger partial charge is 0.383 e. The number of ketones is 1. The predicted octanol–water partition coefficient (Wildman–Crippen LogP) is 3.52. The number of halogens is 1. The van der Waals surface area contributed by atoms with Gasteiger partial charge in [-0.25, -0.2) is 4.98 Å². The van der Waals surface area contributed by atoms with Gasteiger partial charge >= 0.3 is 0 Å². The third-order valence-corrected chi connectivity index (χ3v) is 2.93. The van der Waals surface area contributed by atoms with E-state index in [0.29, 0.717) is 16.3 Å². The molecule has 0 bridgehead atoms. The van der Waals surface area contributed by atoms with Crippen molar-refractivity contribution in [3.63, 3.8) is 0 Å². The average Bonchev–Trinajstić information content (AvgIpc) is 2.46. The topological polar surface area (TPSA) is 33.2 Å². The van der Waals surface area contributed by atoms with E-state index < -0.39 is 0 Å². The third-order valence-electron chi connectivity index (χ3n) is 2.71. The van der Waals surface area contributed by atoms with Gasteiger partial charge in [-0.05, 0) is 12.1 Å². The number of benzene rings is 1. The van der Waals surface area contributed by atoms with Gasteiger partial charge < -0.3 is 4.90 Å². The van der Waals surface area contributed by atoms with Gasteiger partial charge in [0.05, 0.1) is 0 Å². The minimum absolute atomic E-state index is 0.0385. The molecule has 1 aromatic heterocycles. The van der Waals surface area contributed by atoms with Gasteiger partial charge in [-0.15, -0.1) is 0 Å². The lowest BCUT2D eigenvalue weighted by molar-refractivity contribution is 0.105. The molecule has 4 heteroatoms. The number of Topliss-reactive ketones (excluding diaryl/α,β-unsaturated/α-hetero) is 1. The van der Waals surface area contributed by atoms with E-state index in [0.717, 1.165) is 5.56 Å². The Bertz CT molecular complexity index is 619. The number of carbonyl (C=O) groups excluding carboxylic acids is 1. The van der Waals surface area contributed by atoms with Crippen molar-refractivity contribution in [1.29, 1.82) is 0 Å². The van der Waals surface area contributed by atoms with Gasteiger partial charge in [0, 0.05) is 43.2 Å². The van der Waals surface area contributed by atoms with Crippen LogP contribution in [0.5, 0.6) is 0 Å². The fourth-order valence-corrected chi connectivity index (χ4v) is 1.91. The first-order chi connectivity index (χ1) is 9.58. The molecule has 102 valence electrons. The third kappa shape index (κ3) is 3.45. The molecule has 0 radical (unpaired) electrons. The van der Waals surface area contributed by atoms with Gasteiger partial charge in [-0.3, -0.25) is 4.79 Å². The zero-order valence-corrected chi connectivity index (χ0v) is 12.1. The summed E-state index contributed by atoms with van der Waals surface area (Å²) in [6.45, 7) is 0. The van der Waals surface area contributed by atoms with Crippen LogP contribution < -0.4 is 0 Å². The number of hydrogen-bond acceptors (Lipinski definition) is 3. The molecule has 0 fully saturated rings. The van der Waals surface area contributed by atoms with Crippen molar-refractivity contribution in [2.45, 2.75) is 0 Å². The molecule has 0 unspecified atom stereocenters. The van der Waals surface area contributed by atoms with Gasteiger partial charge in [0.15, 0.2) is 5.78 Å². The highest BCUT2D eigenvalue weighted by molar-refractivity contribution is 6.30. The summed E-state index contributed by atoms with van der Waals surface area (Å²) in [5.41, 5.74) is 1.98. The Morgan fingerprint density at radius 1 is 1.10 bits per heavy atom. The van der Waals surface area contributed by atoms with Crippen LogP contribution in [0.3, 0.4) is 0 Å². The van der Waals surface area contributed by atoms with E-state index in [9.17, 15) is 4.79 Å². The molecule has 0 aliphatic rings. The molecular formula is C16H15ClN2O. The predicted molar refractivity (Wildman–Crippen MR) is 81.7 cm³/mol. The first kappa shape index (κ1) is 14.3. The molecule has 0 saturated carbocycles. The van der Waals surface area contributed by atoms with Crippen LogP contribution in [-0.2, 0) is 0 Å². The molecule has 2 rings (SSSR count). The zero-order valence-electron chi connectivity index (χ0n) is 11.4. The highest BCUT2D eigenvalue weighted by Gasteiger charge is 2.15. The summed E-state index contributed by atoms with van der Waals surface area (Å²) in [6.07, 6.45) is 3.40. The molecule has 3 nitrogen and oxygen atoms in total. The lowest BCUT2D eigenvalue weighted by Crippen LogP contribution is -2.09. The standard InChI is InChI=1S/C16H15ClN2O/c1-19(2)11-14(13-8-9-15(17)18-10-13)16(20)12-6-4-3-5-7-12/h3-11H,1-2H3. The maximum Gasteiger partial charge on any atom is 0.195 e. The Morgan fingerprint density at radius 3 is 2.35 bits per heavy atom. The second-order valence-corrected chi connectivity index (χ2v) is 4.96. The molecule has 1 heterocycles. The molecule has 0 saturated heterocycles. The summed E-state index contributed by atoms with van der Waals surface area (Å²) in [6, 6.07) is 12.7. The van der Waals surface area contributed by atoms with Crippen molar-refractivity contribution in [2.24, 2.45) is 0 Å². The maximum atomic E-state index is 12.6. The number of aromatic nitrogens is 1. The number of hydrogen-bond donors (Lipinski definition) is 0. The molecule has 1 aromatic carbocycles. The monoisotopic (exact) mass is 286 g/mol. The fourth-order valence-electron chi connectivity index (χ4n) is 1.80. The van der Waals surface area contributed by atoms with E-state index in [2.05, 4.69) is 4.98 Å². The lowest BCUT2D eigenvalue weighted by atomic mass is 9.99. The first-order valence-electron chi connectivity index (χ1n) is 6.18. The summed E-state index contributed by atoms with van der Waals surface area (Å²) in [5.74, 6) is -0.0385. The number of allylic oxidation sites excluding steroid dienone is 1. The van der Waals surface area contributed by atoms with Crippen LogP contribution >= 0.6 is 11.6 Å². The quantitative estimate of drug-likeness (QED) is 0.490. The lowest BCUT2D eigenvalue weighted by Gasteiger charge is -2.11. The Kier molecular flexibility index (Phi) is 4.53. The number of nitrogens with zero attached hydrogens (tertiary/aromatic N) is 2. The second-order valence-electron chi connectivity index (χ2n) is 4.57. The molecule has 0 N–H and O–H groups in total.